The number of hydrogen-bond acceptors (Lipinski definition) is 2. The molecule has 0 saturated carbocycles. The maximum atomic E-state index is 13.1. The molecule has 84 valence electrons. The van der Waals surface area contributed by atoms with Crippen LogP contribution in [0.5, 0.6) is 0 Å². The topological polar surface area (TPSA) is 49.3 Å². The van der Waals surface area contributed by atoms with Gasteiger partial charge in [-0.1, -0.05) is 12.1 Å². The first-order chi connectivity index (χ1) is 7.68. The fourth-order valence-electron chi connectivity index (χ4n) is 1.88. The molecule has 0 saturated heterocycles. The van der Waals surface area contributed by atoms with Crippen molar-refractivity contribution < 1.29 is 14.3 Å². The van der Waals surface area contributed by atoms with Crippen molar-refractivity contribution in [2.75, 3.05) is 13.1 Å². The van der Waals surface area contributed by atoms with Gasteiger partial charge in [0.1, 0.15) is 5.82 Å². The minimum Gasteiger partial charge on any atom is -0.478 e. The Kier molecular flexibility index (Phi) is 3.01. The Morgan fingerprint density at radius 2 is 2.25 bits per heavy atom. The summed E-state index contributed by atoms with van der Waals surface area (Å²) in [6, 6.07) is 6.07. The molecule has 3 nitrogen and oxygen atoms in total. The monoisotopic (exact) mass is 221 g/mol. The second kappa shape index (κ2) is 4.45. The zero-order valence-electron chi connectivity index (χ0n) is 8.66. The third-order valence-corrected chi connectivity index (χ3v) is 2.65. The van der Waals surface area contributed by atoms with E-state index >= 15 is 0 Å². The number of rotatable bonds is 2. The van der Waals surface area contributed by atoms with Crippen molar-refractivity contribution in [1.82, 2.24) is 5.32 Å². The van der Waals surface area contributed by atoms with E-state index in [9.17, 15) is 9.18 Å². The molecule has 1 aliphatic rings. The number of halogens is 1. The summed E-state index contributed by atoms with van der Waals surface area (Å²) in [6.07, 6.45) is 0.616. The summed E-state index contributed by atoms with van der Waals surface area (Å²) in [5.74, 6) is -1.28. The van der Waals surface area contributed by atoms with Crippen LogP contribution in [0.3, 0.4) is 0 Å². The first-order valence-corrected chi connectivity index (χ1v) is 5.10. The molecule has 2 N–H and O–H groups in total. The predicted molar refractivity (Wildman–Crippen MR) is 58.4 cm³/mol. The van der Waals surface area contributed by atoms with Gasteiger partial charge in [-0.3, -0.25) is 0 Å². The minimum absolute atomic E-state index is 0.330. The van der Waals surface area contributed by atoms with Crippen LogP contribution in [0.4, 0.5) is 4.39 Å². The Morgan fingerprint density at radius 3 is 2.94 bits per heavy atom. The van der Waals surface area contributed by atoms with Crippen LogP contribution in [0.25, 0.3) is 5.57 Å². The maximum Gasteiger partial charge on any atom is 0.333 e. The molecular formula is C12H12FNO2. The third-order valence-electron chi connectivity index (χ3n) is 2.65. The highest BCUT2D eigenvalue weighted by atomic mass is 19.1. The number of carboxylic acid groups (broad SMARTS) is 1. The van der Waals surface area contributed by atoms with Gasteiger partial charge in [-0.25, -0.2) is 9.18 Å². The summed E-state index contributed by atoms with van der Waals surface area (Å²) >= 11 is 0. The molecule has 0 aliphatic carbocycles. The molecule has 0 amide bonds. The SMILES string of the molecule is O=C(O)C1=C(c2cccc(F)c2)CCNC1. The van der Waals surface area contributed by atoms with E-state index in [1.807, 2.05) is 0 Å². The van der Waals surface area contributed by atoms with Crippen molar-refractivity contribution in [1.29, 1.82) is 0 Å². The van der Waals surface area contributed by atoms with E-state index < -0.39 is 5.97 Å². The molecule has 0 unspecified atom stereocenters. The van der Waals surface area contributed by atoms with E-state index in [2.05, 4.69) is 5.32 Å². The van der Waals surface area contributed by atoms with Gasteiger partial charge in [0.05, 0.1) is 5.57 Å². The van der Waals surface area contributed by atoms with Gasteiger partial charge in [0.15, 0.2) is 0 Å². The van der Waals surface area contributed by atoms with Crippen LogP contribution in [0.2, 0.25) is 0 Å². The molecule has 1 aliphatic heterocycles. The summed E-state index contributed by atoms with van der Waals surface area (Å²) in [6.45, 7) is 1.06. The molecule has 0 radical (unpaired) electrons. The van der Waals surface area contributed by atoms with Gasteiger partial charge in [0.2, 0.25) is 0 Å². The van der Waals surface area contributed by atoms with Gasteiger partial charge < -0.3 is 10.4 Å². The molecule has 0 spiro atoms. The molecule has 1 aromatic rings. The number of benzene rings is 1. The van der Waals surface area contributed by atoms with Crippen molar-refractivity contribution in [2.45, 2.75) is 6.42 Å². The predicted octanol–water partition coefficient (Wildman–Crippen LogP) is 1.66. The van der Waals surface area contributed by atoms with Crippen molar-refractivity contribution in [3.63, 3.8) is 0 Å². The van der Waals surface area contributed by atoms with Crippen molar-refractivity contribution in [3.8, 4) is 0 Å². The van der Waals surface area contributed by atoms with Crippen LogP contribution in [0, 0.1) is 5.82 Å². The third kappa shape index (κ3) is 2.12. The average Bonchev–Trinajstić information content (AvgIpc) is 2.29. The molecule has 16 heavy (non-hydrogen) atoms. The highest BCUT2D eigenvalue weighted by Crippen LogP contribution is 2.25. The zero-order valence-corrected chi connectivity index (χ0v) is 8.66. The first kappa shape index (κ1) is 10.8. The number of carboxylic acids is 1. The largest absolute Gasteiger partial charge is 0.478 e. The van der Waals surface area contributed by atoms with Crippen molar-refractivity contribution in [2.24, 2.45) is 0 Å². The van der Waals surface area contributed by atoms with E-state index in [1.54, 1.807) is 12.1 Å². The highest BCUT2D eigenvalue weighted by molar-refractivity contribution is 5.97. The van der Waals surface area contributed by atoms with Gasteiger partial charge in [-0.05, 0) is 36.2 Å². The quantitative estimate of drug-likeness (QED) is 0.798. The van der Waals surface area contributed by atoms with Gasteiger partial charge >= 0.3 is 5.97 Å². The standard InChI is InChI=1S/C12H12FNO2/c13-9-3-1-2-8(6-9)10-4-5-14-7-11(10)12(15)16/h1-3,6,14H,4-5,7H2,(H,15,16). The molecular weight excluding hydrogens is 209 g/mol. The van der Waals surface area contributed by atoms with Crippen LogP contribution in [0.1, 0.15) is 12.0 Å². The Bertz CT molecular complexity index is 454. The molecule has 4 heteroatoms. The summed E-state index contributed by atoms with van der Waals surface area (Å²) in [4.78, 5) is 11.0. The summed E-state index contributed by atoms with van der Waals surface area (Å²) in [5.41, 5.74) is 1.72. The van der Waals surface area contributed by atoms with E-state index in [0.717, 1.165) is 12.1 Å². The lowest BCUT2D eigenvalue weighted by Crippen LogP contribution is -2.28. The van der Waals surface area contributed by atoms with E-state index in [-0.39, 0.29) is 5.82 Å². The lowest BCUT2D eigenvalue weighted by atomic mass is 9.94. The lowest BCUT2D eigenvalue weighted by Gasteiger charge is -2.19. The molecule has 1 heterocycles. The van der Waals surface area contributed by atoms with E-state index in [1.165, 1.54) is 12.1 Å². The minimum atomic E-state index is -0.938. The molecule has 0 atom stereocenters. The summed E-state index contributed by atoms with van der Waals surface area (Å²) < 4.78 is 13.1. The summed E-state index contributed by atoms with van der Waals surface area (Å²) in [7, 11) is 0. The molecule has 0 aromatic heterocycles. The number of nitrogens with one attached hydrogen (secondary N) is 1. The Labute approximate surface area is 92.6 Å². The maximum absolute atomic E-state index is 13.1. The number of carbonyl (C=O) groups is 1. The average molecular weight is 221 g/mol. The van der Waals surface area contributed by atoms with Crippen molar-refractivity contribution in [3.05, 3.63) is 41.2 Å². The van der Waals surface area contributed by atoms with Crippen LogP contribution < -0.4 is 5.32 Å². The molecule has 1 aromatic carbocycles. The van der Waals surface area contributed by atoms with Gasteiger partial charge in [-0.2, -0.15) is 0 Å². The number of aliphatic carboxylic acids is 1. The number of hydrogen-bond donors (Lipinski definition) is 2. The van der Waals surface area contributed by atoms with E-state index in [4.69, 9.17) is 5.11 Å². The Morgan fingerprint density at radius 1 is 1.44 bits per heavy atom. The molecule has 2 rings (SSSR count). The highest BCUT2D eigenvalue weighted by Gasteiger charge is 2.19. The van der Waals surface area contributed by atoms with Crippen LogP contribution >= 0.6 is 0 Å². The zero-order chi connectivity index (χ0) is 11.5. The van der Waals surface area contributed by atoms with Crippen LogP contribution in [-0.2, 0) is 4.79 Å². The Hall–Kier alpha value is -1.68. The Balaban J connectivity index is 2.47. The second-order valence-electron chi connectivity index (χ2n) is 3.70. The van der Waals surface area contributed by atoms with Gasteiger partial charge in [0, 0.05) is 6.54 Å². The molecule has 0 fully saturated rings. The smallest absolute Gasteiger partial charge is 0.333 e. The lowest BCUT2D eigenvalue weighted by molar-refractivity contribution is -0.132. The first-order valence-electron chi connectivity index (χ1n) is 5.10. The second-order valence-corrected chi connectivity index (χ2v) is 3.70. The van der Waals surface area contributed by atoms with Crippen molar-refractivity contribution >= 4 is 11.5 Å². The molecule has 0 bridgehead atoms. The van der Waals surface area contributed by atoms with Gasteiger partial charge in [0.25, 0.3) is 0 Å². The summed E-state index contributed by atoms with van der Waals surface area (Å²) in [5, 5.41) is 12.0. The fourth-order valence-corrected chi connectivity index (χ4v) is 1.88. The van der Waals surface area contributed by atoms with Crippen LogP contribution in [-0.4, -0.2) is 24.2 Å². The van der Waals surface area contributed by atoms with Crippen LogP contribution in [0.15, 0.2) is 29.8 Å². The normalized spacial score (nSPS) is 16.3. The van der Waals surface area contributed by atoms with Gasteiger partial charge in [-0.15, -0.1) is 0 Å². The fraction of sp³-hybridized carbons (Fsp3) is 0.250. The van der Waals surface area contributed by atoms with E-state index in [0.29, 0.717) is 24.1 Å².